The fraction of sp³-hybridized carbons (Fsp3) is 0.529. The van der Waals surface area contributed by atoms with Crippen LogP contribution in [0.5, 0.6) is 0 Å². The van der Waals surface area contributed by atoms with Gasteiger partial charge < -0.3 is 5.73 Å². The molecule has 0 spiro atoms. The third-order valence-corrected chi connectivity index (χ3v) is 4.81. The minimum Gasteiger partial charge on any atom is -0.322 e. The van der Waals surface area contributed by atoms with E-state index in [2.05, 4.69) is 17.1 Å². The monoisotopic (exact) mass is 284 g/mol. The lowest BCUT2D eigenvalue weighted by Crippen LogP contribution is -2.26. The topological polar surface area (TPSA) is 56.7 Å². The maximum absolute atomic E-state index is 6.43. The first-order valence-corrected chi connectivity index (χ1v) is 8.01. The lowest BCUT2D eigenvalue weighted by Gasteiger charge is -2.30. The van der Waals surface area contributed by atoms with Crippen LogP contribution in [0, 0.1) is 11.8 Å². The number of para-hydroxylation sites is 1. The molecule has 0 radical (unpaired) electrons. The summed E-state index contributed by atoms with van der Waals surface area (Å²) in [6.45, 7) is 2.29. The zero-order chi connectivity index (χ0) is 14.7. The molecule has 1 aromatic heterocycles. The summed E-state index contributed by atoms with van der Waals surface area (Å²) in [4.78, 5) is 1.67. The van der Waals surface area contributed by atoms with Crippen LogP contribution >= 0.6 is 0 Å². The van der Waals surface area contributed by atoms with Gasteiger partial charge in [-0.3, -0.25) is 0 Å². The Morgan fingerprint density at radius 3 is 2.57 bits per heavy atom. The average molecular weight is 284 g/mol. The van der Waals surface area contributed by atoms with Crippen molar-refractivity contribution in [3.8, 4) is 5.69 Å². The molecule has 4 nitrogen and oxygen atoms in total. The van der Waals surface area contributed by atoms with Crippen molar-refractivity contribution in [3.05, 3.63) is 42.2 Å². The molecule has 21 heavy (non-hydrogen) atoms. The molecular formula is C17H24N4. The third-order valence-electron chi connectivity index (χ3n) is 4.81. The van der Waals surface area contributed by atoms with Gasteiger partial charge in [-0.2, -0.15) is 15.0 Å². The van der Waals surface area contributed by atoms with E-state index in [9.17, 15) is 0 Å². The quantitative estimate of drug-likeness (QED) is 0.935. The van der Waals surface area contributed by atoms with Crippen molar-refractivity contribution in [1.82, 2.24) is 15.0 Å². The third kappa shape index (κ3) is 3.16. The summed E-state index contributed by atoms with van der Waals surface area (Å²) in [5, 5.41) is 8.93. The highest BCUT2D eigenvalue weighted by molar-refractivity contribution is 5.28. The molecule has 0 amide bonds. The van der Waals surface area contributed by atoms with E-state index in [1.54, 1.807) is 4.80 Å². The van der Waals surface area contributed by atoms with Crippen LogP contribution in [0.25, 0.3) is 5.69 Å². The van der Waals surface area contributed by atoms with Crippen LogP contribution in [0.3, 0.4) is 0 Å². The SMILES string of the molecule is CCC1CCC(C(N)c2cnn(-c3ccccc3)n2)CC1. The largest absolute Gasteiger partial charge is 0.322 e. The van der Waals surface area contributed by atoms with Crippen molar-refractivity contribution < 1.29 is 0 Å². The van der Waals surface area contributed by atoms with Gasteiger partial charge in [-0.25, -0.2) is 0 Å². The minimum atomic E-state index is 0.0141. The molecule has 0 saturated heterocycles. The first-order valence-electron chi connectivity index (χ1n) is 8.01. The Hall–Kier alpha value is -1.68. The molecule has 3 rings (SSSR count). The maximum atomic E-state index is 6.43. The number of aromatic nitrogens is 3. The summed E-state index contributed by atoms with van der Waals surface area (Å²) in [7, 11) is 0. The van der Waals surface area contributed by atoms with Crippen LogP contribution in [0.15, 0.2) is 36.5 Å². The van der Waals surface area contributed by atoms with Crippen molar-refractivity contribution in [2.45, 2.75) is 45.1 Å². The Balaban J connectivity index is 1.69. The predicted octanol–water partition coefficient (Wildman–Crippen LogP) is 3.48. The molecule has 1 aromatic carbocycles. The molecule has 1 aliphatic carbocycles. The van der Waals surface area contributed by atoms with E-state index in [1.807, 2.05) is 36.5 Å². The lowest BCUT2D eigenvalue weighted by molar-refractivity contribution is 0.237. The van der Waals surface area contributed by atoms with Gasteiger partial charge in [0.05, 0.1) is 17.9 Å². The second-order valence-corrected chi connectivity index (χ2v) is 6.11. The summed E-state index contributed by atoms with van der Waals surface area (Å²) in [5.74, 6) is 1.45. The van der Waals surface area contributed by atoms with Crippen molar-refractivity contribution in [2.75, 3.05) is 0 Å². The van der Waals surface area contributed by atoms with E-state index in [0.29, 0.717) is 5.92 Å². The van der Waals surface area contributed by atoms with Gasteiger partial charge in [0, 0.05) is 0 Å². The maximum Gasteiger partial charge on any atom is 0.100 e. The van der Waals surface area contributed by atoms with Crippen LogP contribution in [-0.4, -0.2) is 15.0 Å². The highest BCUT2D eigenvalue weighted by Crippen LogP contribution is 2.36. The van der Waals surface area contributed by atoms with E-state index in [0.717, 1.165) is 17.3 Å². The molecule has 2 aromatic rings. The molecule has 1 heterocycles. The van der Waals surface area contributed by atoms with Gasteiger partial charge in [0.1, 0.15) is 5.69 Å². The van der Waals surface area contributed by atoms with Gasteiger partial charge in [-0.15, -0.1) is 0 Å². The fourth-order valence-electron chi connectivity index (χ4n) is 3.31. The first kappa shape index (κ1) is 14.3. The van der Waals surface area contributed by atoms with Crippen LogP contribution in [-0.2, 0) is 0 Å². The summed E-state index contributed by atoms with van der Waals surface area (Å²) < 4.78 is 0. The first-order chi connectivity index (χ1) is 10.3. The van der Waals surface area contributed by atoms with Gasteiger partial charge >= 0.3 is 0 Å². The van der Waals surface area contributed by atoms with Crippen LogP contribution in [0.1, 0.15) is 50.8 Å². The molecular weight excluding hydrogens is 260 g/mol. The number of hydrogen-bond acceptors (Lipinski definition) is 3. The molecule has 1 unspecified atom stereocenters. The number of nitrogens with zero attached hydrogens (tertiary/aromatic N) is 3. The summed E-state index contributed by atoms with van der Waals surface area (Å²) >= 11 is 0. The smallest absolute Gasteiger partial charge is 0.100 e. The standard InChI is InChI=1S/C17H24N4/c1-2-13-8-10-14(11-9-13)17(18)16-12-19-21(20-16)15-6-4-3-5-7-15/h3-7,12-14,17H,2,8-11,18H2,1H3. The molecule has 1 fully saturated rings. The number of hydrogen-bond donors (Lipinski definition) is 1. The number of rotatable bonds is 4. The fourth-order valence-corrected chi connectivity index (χ4v) is 3.31. The Morgan fingerprint density at radius 2 is 1.90 bits per heavy atom. The van der Waals surface area contributed by atoms with E-state index in [-0.39, 0.29) is 6.04 Å². The van der Waals surface area contributed by atoms with E-state index in [4.69, 9.17) is 5.73 Å². The Kier molecular flexibility index (Phi) is 4.34. The molecule has 1 aliphatic rings. The zero-order valence-electron chi connectivity index (χ0n) is 12.7. The van der Waals surface area contributed by atoms with Gasteiger partial charge in [-0.05, 0) is 36.8 Å². The van der Waals surface area contributed by atoms with E-state index < -0.39 is 0 Å². The molecule has 0 aliphatic heterocycles. The van der Waals surface area contributed by atoms with Crippen LogP contribution < -0.4 is 5.73 Å². The second-order valence-electron chi connectivity index (χ2n) is 6.11. The summed E-state index contributed by atoms with van der Waals surface area (Å²) in [5.41, 5.74) is 8.33. The van der Waals surface area contributed by atoms with Crippen molar-refractivity contribution in [2.24, 2.45) is 17.6 Å². The van der Waals surface area contributed by atoms with E-state index >= 15 is 0 Å². The molecule has 112 valence electrons. The zero-order valence-corrected chi connectivity index (χ0v) is 12.7. The Morgan fingerprint density at radius 1 is 1.19 bits per heavy atom. The molecule has 2 N–H and O–H groups in total. The predicted molar refractivity (Wildman–Crippen MR) is 84.0 cm³/mol. The van der Waals surface area contributed by atoms with Crippen LogP contribution in [0.4, 0.5) is 0 Å². The lowest BCUT2D eigenvalue weighted by atomic mass is 9.77. The summed E-state index contributed by atoms with van der Waals surface area (Å²) in [6.07, 6.45) is 8.18. The molecule has 1 saturated carbocycles. The van der Waals surface area contributed by atoms with Gasteiger partial charge in [0.2, 0.25) is 0 Å². The number of nitrogens with two attached hydrogens (primary N) is 1. The van der Waals surface area contributed by atoms with Crippen molar-refractivity contribution >= 4 is 0 Å². The molecule has 1 atom stereocenters. The minimum absolute atomic E-state index is 0.0141. The Labute approximate surface area is 126 Å². The summed E-state index contributed by atoms with van der Waals surface area (Å²) in [6, 6.07) is 9.99. The highest BCUT2D eigenvalue weighted by Gasteiger charge is 2.27. The van der Waals surface area contributed by atoms with Gasteiger partial charge in [-0.1, -0.05) is 44.4 Å². The van der Waals surface area contributed by atoms with Crippen LogP contribution in [0.2, 0.25) is 0 Å². The Bertz CT molecular complexity index is 555. The second kappa shape index (κ2) is 6.39. The number of benzene rings is 1. The molecule has 4 heteroatoms. The van der Waals surface area contributed by atoms with E-state index in [1.165, 1.54) is 32.1 Å². The van der Waals surface area contributed by atoms with Crippen molar-refractivity contribution in [3.63, 3.8) is 0 Å². The normalized spacial score (nSPS) is 23.9. The highest BCUT2D eigenvalue weighted by atomic mass is 15.5. The van der Waals surface area contributed by atoms with Gasteiger partial charge in [0.15, 0.2) is 0 Å². The molecule has 0 bridgehead atoms. The van der Waals surface area contributed by atoms with Crippen molar-refractivity contribution in [1.29, 1.82) is 0 Å². The van der Waals surface area contributed by atoms with Gasteiger partial charge in [0.25, 0.3) is 0 Å². The average Bonchev–Trinajstić information content (AvgIpc) is 3.05.